The highest BCUT2D eigenvalue weighted by Gasteiger charge is 2.32. The fourth-order valence-corrected chi connectivity index (χ4v) is 4.63. The first-order valence-electron chi connectivity index (χ1n) is 11.9. The Bertz CT molecular complexity index is 1190. The van der Waals surface area contributed by atoms with E-state index in [1.54, 1.807) is 23.1 Å². The van der Waals surface area contributed by atoms with Gasteiger partial charge in [-0.3, -0.25) is 9.59 Å². The summed E-state index contributed by atoms with van der Waals surface area (Å²) in [5, 5.41) is 4.63. The molecule has 0 heterocycles. The van der Waals surface area contributed by atoms with Crippen LogP contribution in [0.4, 0.5) is 0 Å². The quantitative estimate of drug-likeness (QED) is 0.311. The molecule has 3 aromatic carbocycles. The zero-order valence-corrected chi connectivity index (χ0v) is 23.0. The molecule has 0 spiro atoms. The Balaban J connectivity index is 1.97. The van der Waals surface area contributed by atoms with Crippen LogP contribution in [0.3, 0.4) is 0 Å². The summed E-state index contributed by atoms with van der Waals surface area (Å²) in [5.41, 5.74) is 2.10. The molecule has 0 unspecified atom stereocenters. The van der Waals surface area contributed by atoms with E-state index in [9.17, 15) is 9.59 Å². The topological polar surface area (TPSA) is 49.4 Å². The van der Waals surface area contributed by atoms with Crippen LogP contribution in [0.15, 0.2) is 72.8 Å². The average molecular weight is 546 g/mol. The van der Waals surface area contributed by atoms with Crippen molar-refractivity contribution in [2.75, 3.05) is 0 Å². The van der Waals surface area contributed by atoms with Crippen molar-refractivity contribution in [1.82, 2.24) is 10.2 Å². The van der Waals surface area contributed by atoms with E-state index in [-0.39, 0.29) is 24.8 Å². The maximum atomic E-state index is 13.7. The molecule has 0 aromatic heterocycles. The van der Waals surface area contributed by atoms with Gasteiger partial charge in [0.05, 0.1) is 0 Å². The first kappa shape index (κ1) is 28.0. The molecule has 7 heteroatoms. The van der Waals surface area contributed by atoms with Crippen LogP contribution in [-0.4, -0.2) is 28.3 Å². The van der Waals surface area contributed by atoms with Crippen LogP contribution in [0.2, 0.25) is 15.1 Å². The number of aryl methyl sites for hydroxylation is 1. The lowest BCUT2D eigenvalue weighted by atomic mass is 10.00. The standard InChI is InChI=1S/C29H31Cl3N2O2/c1-29(2,3)33-28(36)26(17-20-9-5-4-6-10-20)34(19-22-13-15-23(30)18-25(22)32)27(35)16-14-21-11-7-8-12-24(21)31/h4-13,15,18,26H,14,16-17,19H2,1-3H3,(H,33,36)/t26-/m0/s1. The number of halogens is 3. The lowest BCUT2D eigenvalue weighted by Gasteiger charge is -2.34. The molecule has 36 heavy (non-hydrogen) atoms. The normalized spacial score (nSPS) is 12.2. The van der Waals surface area contributed by atoms with E-state index < -0.39 is 11.6 Å². The lowest BCUT2D eigenvalue weighted by molar-refractivity contribution is -0.141. The minimum Gasteiger partial charge on any atom is -0.350 e. The fraction of sp³-hybridized carbons (Fsp3) is 0.310. The largest absolute Gasteiger partial charge is 0.350 e. The molecule has 0 radical (unpaired) electrons. The van der Waals surface area contributed by atoms with Crippen molar-refractivity contribution in [1.29, 1.82) is 0 Å². The maximum absolute atomic E-state index is 13.7. The Morgan fingerprint density at radius 1 is 0.861 bits per heavy atom. The van der Waals surface area contributed by atoms with Crippen molar-refractivity contribution in [3.8, 4) is 0 Å². The molecule has 3 rings (SSSR count). The molecule has 0 saturated heterocycles. The van der Waals surface area contributed by atoms with Crippen LogP contribution >= 0.6 is 34.8 Å². The third-order valence-electron chi connectivity index (χ3n) is 5.69. The smallest absolute Gasteiger partial charge is 0.243 e. The van der Waals surface area contributed by atoms with Crippen LogP contribution in [0.1, 0.15) is 43.9 Å². The molecule has 0 aliphatic heterocycles. The van der Waals surface area contributed by atoms with Gasteiger partial charge < -0.3 is 10.2 Å². The van der Waals surface area contributed by atoms with Crippen LogP contribution in [0.5, 0.6) is 0 Å². The first-order valence-corrected chi connectivity index (χ1v) is 13.0. The molecule has 1 N–H and O–H groups in total. The number of benzene rings is 3. The summed E-state index contributed by atoms with van der Waals surface area (Å²) >= 11 is 18.9. The van der Waals surface area contributed by atoms with Gasteiger partial charge in [-0.05, 0) is 62.1 Å². The molecule has 0 fully saturated rings. The van der Waals surface area contributed by atoms with Gasteiger partial charge in [0.2, 0.25) is 11.8 Å². The van der Waals surface area contributed by atoms with E-state index in [0.717, 1.165) is 11.1 Å². The molecule has 3 aromatic rings. The molecule has 190 valence electrons. The molecule has 1 atom stereocenters. The SMILES string of the molecule is CC(C)(C)NC(=O)[C@H](Cc1ccccc1)N(Cc1ccc(Cl)cc1Cl)C(=O)CCc1ccccc1Cl. The average Bonchev–Trinajstić information content (AvgIpc) is 2.81. The second kappa shape index (κ2) is 12.6. The van der Waals surface area contributed by atoms with Crippen molar-refractivity contribution in [3.63, 3.8) is 0 Å². The van der Waals surface area contributed by atoms with Crippen LogP contribution < -0.4 is 5.32 Å². The van der Waals surface area contributed by atoms with Gasteiger partial charge in [0, 0.05) is 40.0 Å². The summed E-state index contributed by atoms with van der Waals surface area (Å²) in [7, 11) is 0. The molecular formula is C29H31Cl3N2O2. The van der Waals surface area contributed by atoms with Gasteiger partial charge in [0.25, 0.3) is 0 Å². The van der Waals surface area contributed by atoms with Gasteiger partial charge in [-0.1, -0.05) is 89.4 Å². The summed E-state index contributed by atoms with van der Waals surface area (Å²) < 4.78 is 0. The summed E-state index contributed by atoms with van der Waals surface area (Å²) in [6.45, 7) is 5.94. The van der Waals surface area contributed by atoms with E-state index in [4.69, 9.17) is 34.8 Å². The Morgan fingerprint density at radius 2 is 1.53 bits per heavy atom. The number of rotatable bonds is 9. The second-order valence-electron chi connectivity index (χ2n) is 9.79. The molecule has 0 saturated carbocycles. The number of carbonyl (C=O) groups excluding carboxylic acids is 2. The van der Waals surface area contributed by atoms with Crippen molar-refractivity contribution >= 4 is 46.6 Å². The van der Waals surface area contributed by atoms with Gasteiger partial charge in [0.1, 0.15) is 6.04 Å². The summed E-state index contributed by atoms with van der Waals surface area (Å²) in [5.74, 6) is -0.381. The van der Waals surface area contributed by atoms with Crippen molar-refractivity contribution in [3.05, 3.63) is 105 Å². The van der Waals surface area contributed by atoms with Crippen molar-refractivity contribution in [2.24, 2.45) is 0 Å². The Hall–Kier alpha value is -2.53. The van der Waals surface area contributed by atoms with E-state index in [1.807, 2.05) is 75.4 Å². The monoisotopic (exact) mass is 544 g/mol. The van der Waals surface area contributed by atoms with Gasteiger partial charge in [-0.2, -0.15) is 0 Å². The lowest BCUT2D eigenvalue weighted by Crippen LogP contribution is -2.54. The van der Waals surface area contributed by atoms with Crippen LogP contribution in [-0.2, 0) is 29.0 Å². The number of carbonyl (C=O) groups is 2. The van der Waals surface area contributed by atoms with Gasteiger partial charge in [-0.15, -0.1) is 0 Å². The van der Waals surface area contributed by atoms with Crippen molar-refractivity contribution in [2.45, 2.75) is 58.2 Å². The molecule has 0 aliphatic carbocycles. The summed E-state index contributed by atoms with van der Waals surface area (Å²) in [6.07, 6.45) is 1.02. The van der Waals surface area contributed by atoms with Gasteiger partial charge in [-0.25, -0.2) is 0 Å². The van der Waals surface area contributed by atoms with E-state index >= 15 is 0 Å². The third-order valence-corrected chi connectivity index (χ3v) is 6.65. The highest BCUT2D eigenvalue weighted by molar-refractivity contribution is 6.35. The van der Waals surface area contributed by atoms with E-state index in [1.165, 1.54) is 0 Å². The van der Waals surface area contributed by atoms with Gasteiger partial charge >= 0.3 is 0 Å². The molecule has 0 aliphatic rings. The minimum absolute atomic E-state index is 0.161. The number of nitrogens with one attached hydrogen (secondary N) is 1. The third kappa shape index (κ3) is 8.26. The highest BCUT2D eigenvalue weighted by atomic mass is 35.5. The molecule has 0 bridgehead atoms. The minimum atomic E-state index is -0.739. The maximum Gasteiger partial charge on any atom is 0.243 e. The predicted octanol–water partition coefficient (Wildman–Crippen LogP) is 7.13. The first-order chi connectivity index (χ1) is 17.0. The summed E-state index contributed by atoms with van der Waals surface area (Å²) in [6, 6.07) is 21.6. The molecule has 2 amide bonds. The van der Waals surface area contributed by atoms with E-state index in [2.05, 4.69) is 5.32 Å². The Morgan fingerprint density at radius 3 is 2.17 bits per heavy atom. The van der Waals surface area contributed by atoms with Crippen LogP contribution in [0, 0.1) is 0 Å². The zero-order chi connectivity index (χ0) is 26.3. The summed E-state index contributed by atoms with van der Waals surface area (Å²) in [4.78, 5) is 29.0. The molecular weight excluding hydrogens is 515 g/mol. The van der Waals surface area contributed by atoms with Crippen LogP contribution in [0.25, 0.3) is 0 Å². The second-order valence-corrected chi connectivity index (χ2v) is 11.0. The predicted molar refractivity (Wildman–Crippen MR) is 149 cm³/mol. The number of nitrogens with zero attached hydrogens (tertiary/aromatic N) is 1. The van der Waals surface area contributed by atoms with Gasteiger partial charge in [0.15, 0.2) is 0 Å². The Kier molecular flexibility index (Phi) is 9.84. The number of hydrogen-bond acceptors (Lipinski definition) is 2. The Labute approximate surface area is 228 Å². The number of amides is 2. The highest BCUT2D eigenvalue weighted by Crippen LogP contribution is 2.25. The van der Waals surface area contributed by atoms with Crippen molar-refractivity contribution < 1.29 is 9.59 Å². The fourth-order valence-electron chi connectivity index (χ4n) is 3.93. The zero-order valence-electron chi connectivity index (χ0n) is 20.7. The molecule has 4 nitrogen and oxygen atoms in total. The number of hydrogen-bond donors (Lipinski definition) is 1. The van der Waals surface area contributed by atoms with E-state index in [0.29, 0.717) is 33.5 Å².